The van der Waals surface area contributed by atoms with Gasteiger partial charge in [-0.1, -0.05) is 18.2 Å². The van der Waals surface area contributed by atoms with E-state index in [4.69, 9.17) is 4.74 Å². The number of benzene rings is 1. The number of esters is 1. The van der Waals surface area contributed by atoms with Gasteiger partial charge < -0.3 is 9.84 Å². The Morgan fingerprint density at radius 3 is 2.75 bits per heavy atom. The number of hydrogen-bond acceptors (Lipinski definition) is 6. The number of thiophene rings is 1. The number of fused-ring (bicyclic) bond motifs is 3. The summed E-state index contributed by atoms with van der Waals surface area (Å²) in [7, 11) is 1.29. The van der Waals surface area contributed by atoms with Crippen LogP contribution in [-0.2, 0) is 4.74 Å². The highest BCUT2D eigenvalue weighted by molar-refractivity contribution is 7.22. The summed E-state index contributed by atoms with van der Waals surface area (Å²) in [4.78, 5) is 16.5. The molecule has 4 aromatic rings. The first-order valence-electron chi connectivity index (χ1n) is 7.25. The highest BCUT2D eigenvalue weighted by Crippen LogP contribution is 2.41. The Balaban J connectivity index is 2.06. The van der Waals surface area contributed by atoms with E-state index in [0.717, 1.165) is 21.5 Å². The number of carbonyl (C=O) groups is 1. The van der Waals surface area contributed by atoms with Crippen LogP contribution < -0.4 is 0 Å². The molecule has 1 aromatic carbocycles. The van der Waals surface area contributed by atoms with E-state index in [0.29, 0.717) is 11.0 Å². The second-order valence-corrected chi connectivity index (χ2v) is 6.32. The van der Waals surface area contributed by atoms with Gasteiger partial charge in [0.1, 0.15) is 5.75 Å². The number of aromatic hydroxyl groups is 1. The summed E-state index contributed by atoms with van der Waals surface area (Å²) >= 11 is 1.19. The number of hydrogen-bond donors (Lipinski definition) is 1. The Morgan fingerprint density at radius 1 is 1.29 bits per heavy atom. The zero-order valence-corrected chi connectivity index (χ0v) is 13.8. The maximum absolute atomic E-state index is 11.8. The molecule has 0 atom stereocenters. The zero-order chi connectivity index (χ0) is 16.8. The third-order valence-electron chi connectivity index (χ3n) is 3.87. The second kappa shape index (κ2) is 5.31. The van der Waals surface area contributed by atoms with Gasteiger partial charge in [0.05, 0.1) is 34.0 Å². The van der Waals surface area contributed by atoms with Crippen LogP contribution in [0.25, 0.3) is 26.8 Å². The molecule has 3 heterocycles. The van der Waals surface area contributed by atoms with Crippen LogP contribution in [0.3, 0.4) is 0 Å². The molecule has 120 valence electrons. The number of ether oxygens (including phenoxy) is 1. The van der Waals surface area contributed by atoms with Crippen LogP contribution in [0.2, 0.25) is 0 Å². The van der Waals surface area contributed by atoms with Crippen molar-refractivity contribution >= 4 is 38.4 Å². The van der Waals surface area contributed by atoms with E-state index in [2.05, 4.69) is 10.1 Å². The van der Waals surface area contributed by atoms with Crippen molar-refractivity contribution in [2.75, 3.05) is 7.11 Å². The number of methoxy groups -OCH3 is 1. The smallest absolute Gasteiger partial charge is 0.351 e. The van der Waals surface area contributed by atoms with E-state index in [1.54, 1.807) is 10.9 Å². The molecular formula is C17H13N3O3S. The summed E-state index contributed by atoms with van der Waals surface area (Å²) in [6, 6.07) is 9.70. The minimum Gasteiger partial charge on any atom is -0.505 e. The van der Waals surface area contributed by atoms with Crippen LogP contribution >= 0.6 is 11.3 Å². The number of para-hydroxylation sites is 1. The molecule has 24 heavy (non-hydrogen) atoms. The predicted molar refractivity (Wildman–Crippen MR) is 92.0 cm³/mol. The van der Waals surface area contributed by atoms with Crippen LogP contribution in [0, 0.1) is 6.92 Å². The monoisotopic (exact) mass is 339 g/mol. The lowest BCUT2D eigenvalue weighted by molar-refractivity contribution is 0.0603. The fraction of sp³-hybridized carbons (Fsp3) is 0.118. The molecule has 6 nitrogen and oxygen atoms in total. The van der Waals surface area contributed by atoms with Gasteiger partial charge in [0.2, 0.25) is 0 Å². The van der Waals surface area contributed by atoms with Gasteiger partial charge in [0.25, 0.3) is 0 Å². The van der Waals surface area contributed by atoms with Crippen LogP contribution in [0.4, 0.5) is 0 Å². The zero-order valence-electron chi connectivity index (χ0n) is 13.0. The summed E-state index contributed by atoms with van der Waals surface area (Å²) in [5.74, 6) is -0.655. The van der Waals surface area contributed by atoms with Crippen molar-refractivity contribution in [2.45, 2.75) is 6.92 Å². The minimum atomic E-state index is -0.560. The first kappa shape index (κ1) is 14.6. The van der Waals surface area contributed by atoms with Gasteiger partial charge in [0.15, 0.2) is 10.5 Å². The molecule has 0 aliphatic carbocycles. The third kappa shape index (κ3) is 1.98. The highest BCUT2D eigenvalue weighted by atomic mass is 32.1. The molecule has 0 unspecified atom stereocenters. The van der Waals surface area contributed by atoms with Crippen molar-refractivity contribution in [1.29, 1.82) is 0 Å². The van der Waals surface area contributed by atoms with Gasteiger partial charge in [-0.25, -0.2) is 14.5 Å². The number of aromatic nitrogens is 3. The average Bonchev–Trinajstić information content (AvgIpc) is 3.13. The molecule has 0 saturated carbocycles. The van der Waals surface area contributed by atoms with Crippen LogP contribution in [0.15, 0.2) is 36.5 Å². The van der Waals surface area contributed by atoms with Crippen molar-refractivity contribution in [2.24, 2.45) is 0 Å². The van der Waals surface area contributed by atoms with E-state index < -0.39 is 5.97 Å². The van der Waals surface area contributed by atoms with Crippen molar-refractivity contribution in [1.82, 2.24) is 14.8 Å². The van der Waals surface area contributed by atoms with Gasteiger partial charge in [-0.05, 0) is 19.1 Å². The Labute approximate surface area is 140 Å². The number of aryl methyl sites for hydroxylation is 1. The SMILES string of the molecule is COC(=O)c1sc2c(cnc3c2c(C)nn3-c2ccccc2)c1O. The molecule has 1 N–H and O–H groups in total. The average molecular weight is 339 g/mol. The van der Waals surface area contributed by atoms with E-state index in [-0.39, 0.29) is 10.6 Å². The van der Waals surface area contributed by atoms with E-state index >= 15 is 0 Å². The molecular weight excluding hydrogens is 326 g/mol. The summed E-state index contributed by atoms with van der Waals surface area (Å²) < 4.78 is 7.27. The molecule has 0 amide bonds. The topological polar surface area (TPSA) is 77.2 Å². The molecule has 0 spiro atoms. The lowest BCUT2D eigenvalue weighted by Crippen LogP contribution is -1.97. The summed E-state index contributed by atoms with van der Waals surface area (Å²) in [6.07, 6.45) is 1.57. The maximum atomic E-state index is 11.8. The molecule has 0 bridgehead atoms. The molecule has 0 aliphatic heterocycles. The van der Waals surface area contributed by atoms with Crippen LogP contribution in [0.1, 0.15) is 15.4 Å². The Kier molecular flexibility index (Phi) is 3.24. The van der Waals surface area contributed by atoms with Crippen molar-refractivity contribution in [3.05, 3.63) is 47.1 Å². The summed E-state index contributed by atoms with van der Waals surface area (Å²) in [5.41, 5.74) is 2.37. The molecule has 0 fully saturated rings. The lowest BCUT2D eigenvalue weighted by atomic mass is 10.2. The molecule has 0 aliphatic rings. The van der Waals surface area contributed by atoms with E-state index in [9.17, 15) is 9.90 Å². The quantitative estimate of drug-likeness (QED) is 0.566. The van der Waals surface area contributed by atoms with E-state index in [1.165, 1.54) is 18.4 Å². The molecule has 0 saturated heterocycles. The fourth-order valence-corrected chi connectivity index (χ4v) is 3.92. The minimum absolute atomic E-state index is 0.0943. The number of nitrogens with zero attached hydrogens (tertiary/aromatic N) is 3. The van der Waals surface area contributed by atoms with Crippen molar-refractivity contribution in [3.63, 3.8) is 0 Å². The third-order valence-corrected chi connectivity index (χ3v) is 5.06. The van der Waals surface area contributed by atoms with E-state index in [1.807, 2.05) is 37.3 Å². The van der Waals surface area contributed by atoms with Gasteiger partial charge in [0, 0.05) is 6.20 Å². The molecule has 4 rings (SSSR count). The van der Waals surface area contributed by atoms with Gasteiger partial charge in [-0.2, -0.15) is 5.10 Å². The van der Waals surface area contributed by atoms with Gasteiger partial charge >= 0.3 is 5.97 Å². The standard InChI is InChI=1S/C17H13N3O3S/c1-9-12-14-11(13(21)15(24-14)17(22)23-2)8-18-16(12)20(19-9)10-6-4-3-5-7-10/h3-8,21H,1-2H3. The number of pyridine rings is 1. The van der Waals surface area contributed by atoms with Crippen LogP contribution in [-0.4, -0.2) is 33.0 Å². The Hall–Kier alpha value is -2.93. The van der Waals surface area contributed by atoms with Crippen LogP contribution in [0.5, 0.6) is 5.75 Å². The van der Waals surface area contributed by atoms with Gasteiger partial charge in [-0.15, -0.1) is 11.3 Å². The molecule has 3 aromatic heterocycles. The molecule has 7 heteroatoms. The maximum Gasteiger partial charge on any atom is 0.351 e. The Morgan fingerprint density at radius 2 is 2.04 bits per heavy atom. The number of rotatable bonds is 2. The number of carbonyl (C=O) groups excluding carboxylic acids is 1. The largest absolute Gasteiger partial charge is 0.505 e. The van der Waals surface area contributed by atoms with Crippen molar-refractivity contribution in [3.8, 4) is 11.4 Å². The highest BCUT2D eigenvalue weighted by Gasteiger charge is 2.23. The predicted octanol–water partition coefficient (Wildman–Crippen LogP) is 3.44. The van der Waals surface area contributed by atoms with Crippen molar-refractivity contribution < 1.29 is 14.6 Å². The second-order valence-electron chi connectivity index (χ2n) is 5.30. The lowest BCUT2D eigenvalue weighted by Gasteiger charge is -2.01. The Bertz CT molecular complexity index is 1080. The van der Waals surface area contributed by atoms with Gasteiger partial charge in [-0.3, -0.25) is 0 Å². The molecule has 0 radical (unpaired) electrons. The normalized spacial score (nSPS) is 11.2. The summed E-state index contributed by atoms with van der Waals surface area (Å²) in [6.45, 7) is 1.89. The first-order valence-corrected chi connectivity index (χ1v) is 8.07. The first-order chi connectivity index (χ1) is 11.6. The summed E-state index contributed by atoms with van der Waals surface area (Å²) in [5, 5.41) is 16.2. The fourth-order valence-electron chi connectivity index (χ4n) is 2.75.